The minimum absolute atomic E-state index is 0.0349. The van der Waals surface area contributed by atoms with Crippen LogP contribution in [0.4, 0.5) is 4.79 Å². The van der Waals surface area contributed by atoms with Crippen LogP contribution in [0.2, 0.25) is 0 Å². The highest BCUT2D eigenvalue weighted by Crippen LogP contribution is 2.20. The third-order valence-corrected chi connectivity index (χ3v) is 3.49. The fourth-order valence-electron chi connectivity index (χ4n) is 2.40. The number of amides is 1. The van der Waals surface area contributed by atoms with Crippen LogP contribution in [0.3, 0.4) is 0 Å². The summed E-state index contributed by atoms with van der Waals surface area (Å²) in [5, 5.41) is 11.8. The van der Waals surface area contributed by atoms with E-state index < -0.39 is 17.7 Å². The Balaban J connectivity index is 2.27. The summed E-state index contributed by atoms with van der Waals surface area (Å²) in [5.74, 6) is -0.267. The fraction of sp³-hybridized carbons (Fsp3) is 0.875. The molecule has 1 atom stereocenters. The molecule has 6 heteroatoms. The number of aliphatic hydroxyl groups excluding tert-OH is 1. The molecule has 0 aliphatic heterocycles. The van der Waals surface area contributed by atoms with Crippen molar-refractivity contribution in [2.75, 3.05) is 6.61 Å². The predicted molar refractivity (Wildman–Crippen MR) is 82.4 cm³/mol. The number of hydrogen-bond acceptors (Lipinski definition) is 5. The Bertz CT molecular complexity index is 358. The highest BCUT2D eigenvalue weighted by molar-refractivity contribution is 5.70. The molecule has 1 saturated carbocycles. The standard InChI is InChI=1S/C16H29NO5/c1-16(2,3)22-15(20)17-12(11-18)9-10-14(19)21-13-7-5-4-6-8-13/h12-13,18H,4-11H2,1-3H3,(H,17,20)/t12-/m1/s1. The number of ether oxygens (including phenoxy) is 2. The zero-order chi connectivity index (χ0) is 16.6. The molecule has 0 spiro atoms. The normalized spacial score (nSPS) is 17.6. The van der Waals surface area contributed by atoms with Crippen LogP contribution in [-0.2, 0) is 14.3 Å². The lowest BCUT2D eigenvalue weighted by Gasteiger charge is -2.23. The van der Waals surface area contributed by atoms with Crippen LogP contribution in [0.25, 0.3) is 0 Å². The lowest BCUT2D eigenvalue weighted by atomic mass is 9.98. The third kappa shape index (κ3) is 8.22. The number of hydrogen-bond donors (Lipinski definition) is 2. The molecule has 1 aliphatic carbocycles. The summed E-state index contributed by atoms with van der Waals surface area (Å²) in [6, 6.07) is -0.506. The molecule has 0 heterocycles. The average Bonchev–Trinajstić information content (AvgIpc) is 2.42. The third-order valence-electron chi connectivity index (χ3n) is 3.49. The van der Waals surface area contributed by atoms with E-state index in [1.54, 1.807) is 20.8 Å². The van der Waals surface area contributed by atoms with Gasteiger partial charge >= 0.3 is 12.1 Å². The van der Waals surface area contributed by atoms with Crippen LogP contribution >= 0.6 is 0 Å². The maximum Gasteiger partial charge on any atom is 0.407 e. The van der Waals surface area contributed by atoms with Gasteiger partial charge in [-0.3, -0.25) is 4.79 Å². The van der Waals surface area contributed by atoms with Gasteiger partial charge in [-0.05, 0) is 52.9 Å². The molecule has 2 N–H and O–H groups in total. The maximum atomic E-state index is 11.8. The van der Waals surface area contributed by atoms with Crippen molar-refractivity contribution in [1.29, 1.82) is 0 Å². The number of esters is 1. The average molecular weight is 315 g/mol. The number of aliphatic hydroxyl groups is 1. The van der Waals surface area contributed by atoms with Gasteiger partial charge in [0.15, 0.2) is 0 Å². The molecular weight excluding hydrogens is 286 g/mol. The van der Waals surface area contributed by atoms with Crippen LogP contribution in [0, 0.1) is 0 Å². The fourth-order valence-corrected chi connectivity index (χ4v) is 2.40. The van der Waals surface area contributed by atoms with Crippen LogP contribution in [0.5, 0.6) is 0 Å². The Kier molecular flexibility index (Phi) is 7.65. The largest absolute Gasteiger partial charge is 0.462 e. The Hall–Kier alpha value is -1.30. The van der Waals surface area contributed by atoms with Crippen molar-refractivity contribution >= 4 is 12.1 Å². The van der Waals surface area contributed by atoms with Crippen LogP contribution < -0.4 is 5.32 Å². The van der Waals surface area contributed by atoms with Gasteiger partial charge in [-0.15, -0.1) is 0 Å². The minimum atomic E-state index is -0.593. The summed E-state index contributed by atoms with van der Waals surface area (Å²) < 4.78 is 10.5. The van der Waals surface area contributed by atoms with E-state index in [4.69, 9.17) is 9.47 Å². The Labute approximate surface area is 132 Å². The van der Waals surface area contributed by atoms with E-state index in [0.717, 1.165) is 25.7 Å². The maximum absolute atomic E-state index is 11.8. The highest BCUT2D eigenvalue weighted by atomic mass is 16.6. The van der Waals surface area contributed by atoms with E-state index in [9.17, 15) is 14.7 Å². The van der Waals surface area contributed by atoms with Crippen LogP contribution in [0.15, 0.2) is 0 Å². The number of carbonyl (C=O) groups is 2. The molecule has 0 aromatic carbocycles. The zero-order valence-corrected chi connectivity index (χ0v) is 13.9. The van der Waals surface area contributed by atoms with E-state index in [1.165, 1.54) is 6.42 Å². The van der Waals surface area contributed by atoms with Crippen molar-refractivity contribution in [3.05, 3.63) is 0 Å². The lowest BCUT2D eigenvalue weighted by Crippen LogP contribution is -2.41. The molecule has 1 fully saturated rings. The van der Waals surface area contributed by atoms with Gasteiger partial charge < -0.3 is 19.9 Å². The first-order valence-electron chi connectivity index (χ1n) is 8.10. The minimum Gasteiger partial charge on any atom is -0.462 e. The van der Waals surface area contributed by atoms with Gasteiger partial charge in [0.25, 0.3) is 0 Å². The second kappa shape index (κ2) is 8.98. The highest BCUT2D eigenvalue weighted by Gasteiger charge is 2.21. The van der Waals surface area contributed by atoms with Gasteiger partial charge in [-0.1, -0.05) is 6.42 Å². The Morgan fingerprint density at radius 1 is 1.23 bits per heavy atom. The lowest BCUT2D eigenvalue weighted by molar-refractivity contribution is -0.150. The monoisotopic (exact) mass is 315 g/mol. The molecule has 0 saturated heterocycles. The first-order valence-corrected chi connectivity index (χ1v) is 8.10. The smallest absolute Gasteiger partial charge is 0.407 e. The van der Waals surface area contributed by atoms with Gasteiger partial charge in [-0.25, -0.2) is 4.79 Å². The molecule has 1 amide bonds. The predicted octanol–water partition coefficient (Wildman–Crippen LogP) is 2.53. The van der Waals surface area contributed by atoms with E-state index in [-0.39, 0.29) is 25.1 Å². The first-order chi connectivity index (χ1) is 10.3. The topological polar surface area (TPSA) is 84.9 Å². The molecule has 128 valence electrons. The van der Waals surface area contributed by atoms with Gasteiger partial charge in [0.1, 0.15) is 11.7 Å². The van der Waals surface area contributed by atoms with E-state index in [2.05, 4.69) is 5.32 Å². The van der Waals surface area contributed by atoms with E-state index in [0.29, 0.717) is 6.42 Å². The van der Waals surface area contributed by atoms with Crippen molar-refractivity contribution in [3.8, 4) is 0 Å². The number of carbonyl (C=O) groups excluding carboxylic acids is 2. The molecule has 1 rings (SSSR count). The number of nitrogens with one attached hydrogen (secondary N) is 1. The Morgan fingerprint density at radius 3 is 2.41 bits per heavy atom. The first kappa shape index (κ1) is 18.7. The second-order valence-corrected chi connectivity index (χ2v) is 6.81. The molecule has 0 unspecified atom stereocenters. The summed E-state index contributed by atoms with van der Waals surface area (Å²) in [7, 11) is 0. The summed E-state index contributed by atoms with van der Waals surface area (Å²) in [6.07, 6.45) is 5.25. The molecule has 6 nitrogen and oxygen atoms in total. The summed E-state index contributed by atoms with van der Waals surface area (Å²) in [4.78, 5) is 23.4. The molecule has 1 aliphatic rings. The quantitative estimate of drug-likeness (QED) is 0.736. The molecule has 0 aromatic heterocycles. The molecular formula is C16H29NO5. The van der Waals surface area contributed by atoms with Crippen LogP contribution in [-0.4, -0.2) is 41.5 Å². The van der Waals surface area contributed by atoms with Crippen molar-refractivity contribution in [2.45, 2.75) is 83.5 Å². The number of rotatable bonds is 6. The molecule has 0 aromatic rings. The van der Waals surface area contributed by atoms with Gasteiger partial charge in [0.05, 0.1) is 12.6 Å². The van der Waals surface area contributed by atoms with E-state index in [1.807, 2.05) is 0 Å². The second-order valence-electron chi connectivity index (χ2n) is 6.81. The summed E-state index contributed by atoms with van der Waals surface area (Å²) >= 11 is 0. The van der Waals surface area contributed by atoms with Gasteiger partial charge in [-0.2, -0.15) is 0 Å². The molecule has 0 radical (unpaired) electrons. The number of alkyl carbamates (subject to hydrolysis) is 1. The van der Waals surface area contributed by atoms with Crippen LogP contribution in [0.1, 0.15) is 65.7 Å². The van der Waals surface area contributed by atoms with Crippen molar-refractivity contribution < 1.29 is 24.2 Å². The zero-order valence-electron chi connectivity index (χ0n) is 13.9. The molecule has 0 bridgehead atoms. The van der Waals surface area contributed by atoms with Gasteiger partial charge in [0, 0.05) is 6.42 Å². The Morgan fingerprint density at radius 2 is 1.86 bits per heavy atom. The summed E-state index contributed by atoms with van der Waals surface area (Å²) in [6.45, 7) is 5.06. The van der Waals surface area contributed by atoms with E-state index >= 15 is 0 Å². The van der Waals surface area contributed by atoms with Crippen molar-refractivity contribution in [2.24, 2.45) is 0 Å². The SMILES string of the molecule is CC(C)(C)OC(=O)N[C@@H](CO)CCC(=O)OC1CCCCC1. The summed E-state index contributed by atoms with van der Waals surface area (Å²) in [5.41, 5.74) is -0.593. The van der Waals surface area contributed by atoms with Gasteiger partial charge in [0.2, 0.25) is 0 Å². The van der Waals surface area contributed by atoms with Crippen molar-refractivity contribution in [1.82, 2.24) is 5.32 Å². The molecule has 22 heavy (non-hydrogen) atoms. The van der Waals surface area contributed by atoms with Crippen molar-refractivity contribution in [3.63, 3.8) is 0 Å².